The Bertz CT molecular complexity index is 1630. The molecule has 4 rings (SSSR count). The van der Waals surface area contributed by atoms with Gasteiger partial charge in [0.05, 0.1) is 32.0 Å². The monoisotopic (exact) mass is 595 g/mol. The van der Waals surface area contributed by atoms with Gasteiger partial charge in [0.1, 0.15) is 12.2 Å². The molecule has 0 saturated carbocycles. The van der Waals surface area contributed by atoms with Crippen molar-refractivity contribution in [1.82, 2.24) is 34.1 Å². The van der Waals surface area contributed by atoms with E-state index < -0.39 is 43.0 Å². The van der Waals surface area contributed by atoms with Crippen LogP contribution in [0.15, 0.2) is 47.5 Å². The lowest BCUT2D eigenvalue weighted by Gasteiger charge is -2.15. The maximum Gasteiger partial charge on any atom is 0.416 e. The van der Waals surface area contributed by atoms with Crippen LogP contribution in [0.5, 0.6) is 0 Å². The number of ether oxygens (including phenoxy) is 2. The highest BCUT2D eigenvalue weighted by Crippen LogP contribution is 2.24. The Morgan fingerprint density at radius 1 is 1.12 bits per heavy atom. The number of pyridine rings is 1. The van der Waals surface area contributed by atoms with Gasteiger partial charge < -0.3 is 14.6 Å². The van der Waals surface area contributed by atoms with E-state index in [1.807, 2.05) is 0 Å². The molecular weight excluding hydrogens is 575 g/mol. The quantitative estimate of drug-likeness (QED) is 0.285. The fraction of sp³-hybridized carbons (Fsp3) is 0.292. The summed E-state index contributed by atoms with van der Waals surface area (Å²) < 4.78 is 51.6. The largest absolute Gasteiger partial charge is 0.463 e. The lowest BCUT2D eigenvalue weighted by Crippen LogP contribution is -2.37. The van der Waals surface area contributed by atoms with Crippen LogP contribution in [0.4, 0.5) is 13.2 Å². The van der Waals surface area contributed by atoms with Crippen LogP contribution in [0.25, 0.3) is 17.1 Å². The third kappa shape index (κ3) is 6.28. The Morgan fingerprint density at radius 3 is 2.46 bits per heavy atom. The average molecular weight is 596 g/mol. The van der Waals surface area contributed by atoms with Crippen molar-refractivity contribution in [2.75, 3.05) is 13.7 Å². The second-order valence-electron chi connectivity index (χ2n) is 8.31. The Labute approximate surface area is 233 Å². The summed E-state index contributed by atoms with van der Waals surface area (Å²) in [6, 6.07) is 7.11. The molecular formula is C24H21ClF3N7O6. The van der Waals surface area contributed by atoms with E-state index in [-0.39, 0.29) is 40.9 Å². The van der Waals surface area contributed by atoms with E-state index in [2.05, 4.69) is 20.2 Å². The van der Waals surface area contributed by atoms with Crippen molar-refractivity contribution in [3.63, 3.8) is 0 Å². The number of hydrogen-bond donors (Lipinski definition) is 1. The molecule has 3 heterocycles. The van der Waals surface area contributed by atoms with Gasteiger partial charge in [0, 0.05) is 16.8 Å². The van der Waals surface area contributed by atoms with E-state index in [1.54, 1.807) is 6.92 Å². The zero-order chi connectivity index (χ0) is 29.9. The Balaban J connectivity index is 1.81. The molecule has 17 heteroatoms. The Morgan fingerprint density at radius 2 is 1.83 bits per heavy atom. The first-order chi connectivity index (χ1) is 19.4. The molecule has 0 aliphatic heterocycles. The molecule has 1 N–H and O–H groups in total. The predicted octanol–water partition coefficient (Wildman–Crippen LogP) is 2.28. The molecule has 0 radical (unpaired) electrons. The highest BCUT2D eigenvalue weighted by Gasteiger charge is 2.39. The third-order valence-electron chi connectivity index (χ3n) is 5.59. The molecule has 0 bridgehead atoms. The molecule has 0 amide bonds. The minimum Gasteiger partial charge on any atom is -0.463 e. The first kappa shape index (κ1) is 29.4. The molecule has 0 aliphatic rings. The number of hydrogen-bond acceptors (Lipinski definition) is 10. The number of methoxy groups -OCH3 is 1. The summed E-state index contributed by atoms with van der Waals surface area (Å²) >= 11 is 5.91. The van der Waals surface area contributed by atoms with Gasteiger partial charge in [-0.15, -0.1) is 10.2 Å². The van der Waals surface area contributed by atoms with Gasteiger partial charge in [0.15, 0.2) is 17.8 Å². The van der Waals surface area contributed by atoms with E-state index in [4.69, 9.17) is 21.1 Å². The topological polar surface area (TPSA) is 156 Å². The van der Waals surface area contributed by atoms with Crippen molar-refractivity contribution < 1.29 is 37.3 Å². The molecule has 41 heavy (non-hydrogen) atoms. The highest BCUT2D eigenvalue weighted by atomic mass is 35.5. The molecule has 0 saturated heterocycles. The fourth-order valence-electron chi connectivity index (χ4n) is 3.68. The van der Waals surface area contributed by atoms with Crippen LogP contribution in [0, 0.1) is 0 Å². The molecule has 216 valence electrons. The number of benzene rings is 1. The second-order valence-corrected chi connectivity index (χ2v) is 8.74. The number of aromatic nitrogens is 7. The van der Waals surface area contributed by atoms with Gasteiger partial charge >= 0.3 is 23.8 Å². The van der Waals surface area contributed by atoms with Gasteiger partial charge in [0.25, 0.3) is 0 Å². The lowest BCUT2D eigenvalue weighted by molar-refractivity contribution is -0.207. The smallest absolute Gasteiger partial charge is 0.416 e. The molecule has 4 aromatic rings. The summed E-state index contributed by atoms with van der Waals surface area (Å²) in [4.78, 5) is 46.3. The van der Waals surface area contributed by atoms with Crippen LogP contribution < -0.4 is 5.69 Å². The summed E-state index contributed by atoms with van der Waals surface area (Å²) in [5.74, 6) is -2.45. The summed E-state index contributed by atoms with van der Waals surface area (Å²) in [7, 11) is 1.09. The number of esters is 2. The molecule has 1 aromatic carbocycles. The number of aliphatic hydroxyl groups excluding tert-OH is 1. The van der Waals surface area contributed by atoms with Crippen LogP contribution >= 0.6 is 11.6 Å². The van der Waals surface area contributed by atoms with Crippen molar-refractivity contribution in [3.8, 4) is 17.1 Å². The molecule has 3 aromatic heterocycles. The number of halogens is 4. The number of aliphatic hydroxyl groups is 1. The van der Waals surface area contributed by atoms with E-state index in [0.29, 0.717) is 9.59 Å². The Hall–Kier alpha value is -4.57. The molecule has 0 spiro atoms. The number of rotatable bonds is 9. The second kappa shape index (κ2) is 11.9. The number of carbonyl (C=O) groups excluding carboxylic acids is 2. The van der Waals surface area contributed by atoms with Crippen molar-refractivity contribution in [3.05, 3.63) is 75.4 Å². The van der Waals surface area contributed by atoms with Crippen molar-refractivity contribution in [2.45, 2.75) is 32.3 Å². The fourth-order valence-corrected chi connectivity index (χ4v) is 3.81. The summed E-state index contributed by atoms with van der Waals surface area (Å²) in [5.41, 5.74) is -0.778. The average Bonchev–Trinajstić information content (AvgIpc) is 3.49. The molecule has 0 fully saturated rings. The van der Waals surface area contributed by atoms with E-state index in [9.17, 15) is 32.7 Å². The SMILES string of the molecule is CCOC(=O)c1ccncc1-n1nc(Cn2nc(-c3ccc(Cl)cc3)n(C[C@H](O)C(F)(F)F)c2=O)nc1C(=O)OC. The van der Waals surface area contributed by atoms with Gasteiger partial charge in [-0.1, -0.05) is 11.6 Å². The number of carbonyl (C=O) groups is 2. The maximum atomic E-state index is 13.2. The van der Waals surface area contributed by atoms with Crippen molar-refractivity contribution >= 4 is 23.5 Å². The third-order valence-corrected chi connectivity index (χ3v) is 5.84. The maximum absolute atomic E-state index is 13.2. The standard InChI is InChI=1S/C24H21ClF3N7O6/c1-3-41-21(37)15-8-9-29-10-16(15)35-20(22(38)40-2)30-18(31-35)12-34-23(39)33(11-17(36)24(26,27)28)19(32-34)13-4-6-14(25)7-5-13/h4-10,17,36H,3,11-12H2,1-2H3/t17-/m0/s1. The zero-order valence-corrected chi connectivity index (χ0v) is 22.1. The first-order valence-corrected chi connectivity index (χ1v) is 12.2. The molecule has 13 nitrogen and oxygen atoms in total. The van der Waals surface area contributed by atoms with Gasteiger partial charge in [-0.3, -0.25) is 9.55 Å². The van der Waals surface area contributed by atoms with Gasteiger partial charge in [-0.05, 0) is 37.3 Å². The highest BCUT2D eigenvalue weighted by molar-refractivity contribution is 6.30. The van der Waals surface area contributed by atoms with E-state index in [0.717, 1.165) is 16.5 Å². The zero-order valence-electron chi connectivity index (χ0n) is 21.4. The van der Waals surface area contributed by atoms with Crippen LogP contribution in [-0.4, -0.2) is 77.1 Å². The van der Waals surface area contributed by atoms with Gasteiger partial charge in [-0.25, -0.2) is 28.7 Å². The number of alkyl halides is 3. The molecule has 0 aliphatic carbocycles. The lowest BCUT2D eigenvalue weighted by atomic mass is 10.2. The van der Waals surface area contributed by atoms with E-state index in [1.165, 1.54) is 42.7 Å². The van der Waals surface area contributed by atoms with Crippen LogP contribution in [0.3, 0.4) is 0 Å². The van der Waals surface area contributed by atoms with Crippen molar-refractivity contribution in [2.24, 2.45) is 0 Å². The normalized spacial score (nSPS) is 12.3. The first-order valence-electron chi connectivity index (χ1n) is 11.8. The summed E-state index contributed by atoms with van der Waals surface area (Å²) in [6.45, 7) is 0.0153. The Kier molecular flexibility index (Phi) is 8.53. The van der Waals surface area contributed by atoms with Crippen LogP contribution in [0.1, 0.15) is 33.7 Å². The van der Waals surface area contributed by atoms with E-state index >= 15 is 0 Å². The minimum absolute atomic E-state index is 0.00365. The van der Waals surface area contributed by atoms with Crippen LogP contribution in [-0.2, 0) is 22.6 Å². The van der Waals surface area contributed by atoms with Crippen molar-refractivity contribution in [1.29, 1.82) is 0 Å². The number of nitrogens with zero attached hydrogens (tertiary/aromatic N) is 7. The predicted molar refractivity (Wildman–Crippen MR) is 135 cm³/mol. The molecule has 1 atom stereocenters. The molecule has 0 unspecified atom stereocenters. The minimum atomic E-state index is -5.01. The van der Waals surface area contributed by atoms with Gasteiger partial charge in [0.2, 0.25) is 5.82 Å². The summed E-state index contributed by atoms with van der Waals surface area (Å²) in [6.07, 6.45) is -5.31. The van der Waals surface area contributed by atoms with Gasteiger partial charge in [-0.2, -0.15) is 13.2 Å². The summed E-state index contributed by atoms with van der Waals surface area (Å²) in [5, 5.41) is 18.4. The van der Waals surface area contributed by atoms with Crippen LogP contribution in [0.2, 0.25) is 5.02 Å².